The van der Waals surface area contributed by atoms with Gasteiger partial charge in [-0.3, -0.25) is 0 Å². The minimum atomic E-state index is -0.113. The summed E-state index contributed by atoms with van der Waals surface area (Å²) in [5, 5.41) is 10.1. The van der Waals surface area contributed by atoms with Crippen LogP contribution < -0.4 is 0 Å². The molecule has 0 aromatic carbocycles. The molecule has 0 rings (SSSR count). The quantitative estimate of drug-likeness (QED) is 0.485. The molecule has 0 aliphatic carbocycles. The lowest BCUT2D eigenvalue weighted by Crippen LogP contribution is -1.84. The van der Waals surface area contributed by atoms with Crippen molar-refractivity contribution >= 4 is 0 Å². The van der Waals surface area contributed by atoms with Crippen molar-refractivity contribution in [3.63, 3.8) is 0 Å². The zero-order valence-electron chi connectivity index (χ0n) is 5.40. The van der Waals surface area contributed by atoms with Gasteiger partial charge in [-0.25, -0.2) is 5.11 Å². The molecular formula is C7H11O. The molecule has 0 aromatic rings. The maximum Gasteiger partial charge on any atom is 0.104 e. The van der Waals surface area contributed by atoms with Crippen molar-refractivity contribution in [3.8, 4) is 0 Å². The molecule has 0 aromatic heterocycles. The molecule has 0 amide bonds. The first-order valence-corrected chi connectivity index (χ1v) is 2.59. The van der Waals surface area contributed by atoms with Gasteiger partial charge in [0, 0.05) is 0 Å². The van der Waals surface area contributed by atoms with E-state index < -0.39 is 0 Å². The van der Waals surface area contributed by atoms with Gasteiger partial charge in [0.2, 0.25) is 0 Å². The van der Waals surface area contributed by atoms with Gasteiger partial charge in [0.05, 0.1) is 0 Å². The lowest BCUT2D eigenvalue weighted by atomic mass is 10.2. The van der Waals surface area contributed by atoms with Crippen LogP contribution in [0.5, 0.6) is 0 Å². The van der Waals surface area contributed by atoms with Crippen molar-refractivity contribution < 1.29 is 5.11 Å². The van der Waals surface area contributed by atoms with E-state index in [4.69, 9.17) is 0 Å². The zero-order chi connectivity index (χ0) is 6.57. The standard InChI is InChI=1S/C7H11O/c1-4-6(2)7(3)5-8/h4H,1,5H2,2-3H3/b7-6+. The fourth-order valence-corrected chi connectivity index (χ4v) is 0.288. The van der Waals surface area contributed by atoms with E-state index in [1.807, 2.05) is 13.8 Å². The fraction of sp³-hybridized carbons (Fsp3) is 0.429. The maximum absolute atomic E-state index is 10.1. The van der Waals surface area contributed by atoms with Crippen LogP contribution in [-0.2, 0) is 5.11 Å². The molecule has 8 heavy (non-hydrogen) atoms. The third-order valence-corrected chi connectivity index (χ3v) is 1.20. The second-order valence-corrected chi connectivity index (χ2v) is 1.81. The van der Waals surface area contributed by atoms with Crippen LogP contribution in [0.2, 0.25) is 0 Å². The summed E-state index contributed by atoms with van der Waals surface area (Å²) in [4.78, 5) is 0. The molecule has 0 aliphatic heterocycles. The number of rotatable bonds is 2. The average Bonchev–Trinajstić information content (AvgIpc) is 1.84. The summed E-state index contributed by atoms with van der Waals surface area (Å²) >= 11 is 0. The monoisotopic (exact) mass is 111 g/mol. The summed E-state index contributed by atoms with van der Waals surface area (Å²) in [5.41, 5.74) is 1.88. The molecule has 1 radical (unpaired) electrons. The first kappa shape index (κ1) is 7.44. The highest BCUT2D eigenvalue weighted by atomic mass is 16.3. The summed E-state index contributed by atoms with van der Waals surface area (Å²) < 4.78 is 0. The van der Waals surface area contributed by atoms with Crippen molar-refractivity contribution in [1.29, 1.82) is 0 Å². The molecule has 1 nitrogen and oxygen atoms in total. The van der Waals surface area contributed by atoms with E-state index in [1.54, 1.807) is 6.08 Å². The van der Waals surface area contributed by atoms with Gasteiger partial charge in [0.1, 0.15) is 6.61 Å². The molecule has 0 saturated carbocycles. The second-order valence-electron chi connectivity index (χ2n) is 1.81. The minimum Gasteiger partial charge on any atom is -0.232 e. The Morgan fingerprint density at radius 3 is 2.25 bits per heavy atom. The first-order valence-electron chi connectivity index (χ1n) is 2.59. The Labute approximate surface area is 50.3 Å². The van der Waals surface area contributed by atoms with Gasteiger partial charge in [-0.1, -0.05) is 18.2 Å². The molecule has 0 unspecified atom stereocenters. The molecule has 0 spiro atoms. The lowest BCUT2D eigenvalue weighted by Gasteiger charge is -1.94. The van der Waals surface area contributed by atoms with E-state index in [-0.39, 0.29) is 6.61 Å². The van der Waals surface area contributed by atoms with Gasteiger partial charge < -0.3 is 0 Å². The predicted molar refractivity (Wildman–Crippen MR) is 34.1 cm³/mol. The van der Waals surface area contributed by atoms with E-state index in [2.05, 4.69) is 6.58 Å². The van der Waals surface area contributed by atoms with Gasteiger partial charge in [0.15, 0.2) is 0 Å². The Bertz CT molecular complexity index is 112. The molecule has 0 heterocycles. The highest BCUT2D eigenvalue weighted by molar-refractivity contribution is 5.20. The zero-order valence-corrected chi connectivity index (χ0v) is 5.40. The fourth-order valence-electron chi connectivity index (χ4n) is 0.288. The number of allylic oxidation sites excluding steroid dienone is 2. The predicted octanol–water partition coefficient (Wildman–Crippen LogP) is 1.94. The van der Waals surface area contributed by atoms with Gasteiger partial charge >= 0.3 is 0 Å². The first-order chi connectivity index (χ1) is 3.72. The van der Waals surface area contributed by atoms with Crippen LogP contribution in [0.4, 0.5) is 0 Å². The summed E-state index contributed by atoms with van der Waals surface area (Å²) in [6, 6.07) is 0. The van der Waals surface area contributed by atoms with E-state index in [0.29, 0.717) is 0 Å². The summed E-state index contributed by atoms with van der Waals surface area (Å²) in [6.07, 6.45) is 1.70. The van der Waals surface area contributed by atoms with Crippen molar-refractivity contribution in [2.45, 2.75) is 13.8 Å². The Morgan fingerprint density at radius 1 is 1.62 bits per heavy atom. The van der Waals surface area contributed by atoms with Gasteiger partial charge in [-0.2, -0.15) is 0 Å². The molecule has 0 saturated heterocycles. The third-order valence-electron chi connectivity index (χ3n) is 1.20. The van der Waals surface area contributed by atoms with Crippen molar-refractivity contribution in [1.82, 2.24) is 0 Å². The van der Waals surface area contributed by atoms with Crippen molar-refractivity contribution in [2.24, 2.45) is 0 Å². The van der Waals surface area contributed by atoms with Crippen LogP contribution in [0.3, 0.4) is 0 Å². The highest BCUT2D eigenvalue weighted by Crippen LogP contribution is 2.01. The van der Waals surface area contributed by atoms with Crippen LogP contribution in [0.25, 0.3) is 0 Å². The van der Waals surface area contributed by atoms with E-state index in [1.165, 1.54) is 0 Å². The summed E-state index contributed by atoms with van der Waals surface area (Å²) in [6.45, 7) is 7.13. The molecule has 0 bridgehead atoms. The topological polar surface area (TPSA) is 19.9 Å². The van der Waals surface area contributed by atoms with E-state index in [0.717, 1.165) is 11.1 Å². The smallest absolute Gasteiger partial charge is 0.104 e. The maximum atomic E-state index is 10.1. The second kappa shape index (κ2) is 3.44. The SMILES string of the molecule is C=C/C(C)=C(\C)C[O]. The van der Waals surface area contributed by atoms with Crippen LogP contribution in [0.15, 0.2) is 23.8 Å². The molecule has 0 aliphatic rings. The van der Waals surface area contributed by atoms with Crippen molar-refractivity contribution in [3.05, 3.63) is 23.8 Å². The minimum absolute atomic E-state index is 0.113. The van der Waals surface area contributed by atoms with Gasteiger partial charge in [0.25, 0.3) is 0 Å². The van der Waals surface area contributed by atoms with Crippen LogP contribution >= 0.6 is 0 Å². The normalized spacial score (nSPS) is 12.9. The molecule has 0 atom stereocenters. The van der Waals surface area contributed by atoms with Crippen LogP contribution in [0.1, 0.15) is 13.8 Å². The molecule has 45 valence electrons. The average molecular weight is 111 g/mol. The molecule has 0 N–H and O–H groups in total. The molecule has 1 heteroatoms. The summed E-state index contributed by atoms with van der Waals surface area (Å²) in [5.74, 6) is 0. The largest absolute Gasteiger partial charge is 0.232 e. The lowest BCUT2D eigenvalue weighted by molar-refractivity contribution is 0.222. The Kier molecular flexibility index (Phi) is 3.20. The Hall–Kier alpha value is -0.560. The number of hydrogen-bond acceptors (Lipinski definition) is 0. The Morgan fingerprint density at radius 2 is 2.12 bits per heavy atom. The molecular weight excluding hydrogens is 100 g/mol. The van der Waals surface area contributed by atoms with Crippen molar-refractivity contribution in [2.75, 3.05) is 6.61 Å². The van der Waals surface area contributed by atoms with Gasteiger partial charge in [-0.15, -0.1) is 0 Å². The molecule has 0 fully saturated rings. The highest BCUT2D eigenvalue weighted by Gasteiger charge is 1.88. The van der Waals surface area contributed by atoms with E-state index >= 15 is 0 Å². The van der Waals surface area contributed by atoms with Crippen LogP contribution in [-0.4, -0.2) is 6.61 Å². The van der Waals surface area contributed by atoms with E-state index in [9.17, 15) is 5.11 Å². The number of hydrogen-bond donors (Lipinski definition) is 0. The van der Waals surface area contributed by atoms with Crippen LogP contribution in [0, 0.1) is 0 Å². The van der Waals surface area contributed by atoms with Gasteiger partial charge in [-0.05, 0) is 19.4 Å². The summed E-state index contributed by atoms with van der Waals surface area (Å²) in [7, 11) is 0. The third kappa shape index (κ3) is 1.94. The Balaban J connectivity index is 4.03.